The van der Waals surface area contributed by atoms with Crippen LogP contribution in [-0.2, 0) is 10.2 Å². The molecule has 1 heterocycles. The molecule has 3 rings (SSSR count). The number of hydrogen-bond donors (Lipinski definition) is 1. The molecule has 1 aromatic rings. The molecule has 1 N–H and O–H groups in total. The number of amides is 1. The van der Waals surface area contributed by atoms with Crippen LogP contribution in [0.15, 0.2) is 22.7 Å². The Kier molecular flexibility index (Phi) is 2.51. The molecule has 1 saturated carbocycles. The quantitative estimate of drug-likeness (QED) is 0.779. The molecule has 1 aliphatic heterocycles. The average Bonchev–Trinajstić information content (AvgIpc) is 2.57. The van der Waals surface area contributed by atoms with Crippen LogP contribution < -0.4 is 5.32 Å². The fourth-order valence-corrected chi connectivity index (χ4v) is 3.32. The van der Waals surface area contributed by atoms with E-state index in [0.717, 1.165) is 15.7 Å². The monoisotopic (exact) mass is 297 g/mol. The zero-order valence-corrected chi connectivity index (χ0v) is 10.9. The number of nitrogens with one attached hydrogen (secondary N) is 1. The number of alkyl halides is 1. The van der Waals surface area contributed by atoms with Crippen molar-refractivity contribution in [1.82, 2.24) is 0 Å². The van der Waals surface area contributed by atoms with Crippen LogP contribution in [0.5, 0.6) is 0 Å². The standard InChI is InChI=1S/C13H13BrFNO/c14-8-1-2-11-10(7-8)13(12(17)16-11)5-3-9(15)4-6-13/h1-2,7,9H,3-6H2,(H,16,17). The topological polar surface area (TPSA) is 29.1 Å². The van der Waals surface area contributed by atoms with Gasteiger partial charge in [-0.3, -0.25) is 4.79 Å². The van der Waals surface area contributed by atoms with Gasteiger partial charge in [0, 0.05) is 10.2 Å². The lowest BCUT2D eigenvalue weighted by atomic mass is 9.70. The molecular formula is C13H13BrFNO. The number of anilines is 1. The number of carbonyl (C=O) groups is 1. The van der Waals surface area contributed by atoms with Crippen LogP contribution in [0.1, 0.15) is 31.2 Å². The minimum atomic E-state index is -0.746. The third kappa shape index (κ3) is 1.61. The van der Waals surface area contributed by atoms with Crippen molar-refractivity contribution in [1.29, 1.82) is 0 Å². The lowest BCUT2D eigenvalue weighted by molar-refractivity contribution is -0.122. The Bertz CT molecular complexity index is 480. The SMILES string of the molecule is O=C1Nc2ccc(Br)cc2C12CCC(F)CC2. The summed E-state index contributed by atoms with van der Waals surface area (Å²) in [4.78, 5) is 12.2. The van der Waals surface area contributed by atoms with Crippen molar-refractivity contribution >= 4 is 27.5 Å². The number of halogens is 2. The molecule has 0 aromatic heterocycles. The Morgan fingerprint density at radius 2 is 2.06 bits per heavy atom. The van der Waals surface area contributed by atoms with E-state index in [1.54, 1.807) is 0 Å². The van der Waals surface area contributed by atoms with E-state index in [9.17, 15) is 9.18 Å². The second-order valence-electron chi connectivity index (χ2n) is 4.90. The summed E-state index contributed by atoms with van der Waals surface area (Å²) in [7, 11) is 0. The van der Waals surface area contributed by atoms with E-state index < -0.39 is 11.6 Å². The van der Waals surface area contributed by atoms with Gasteiger partial charge in [0.1, 0.15) is 6.17 Å². The zero-order valence-electron chi connectivity index (χ0n) is 9.30. The Morgan fingerprint density at radius 1 is 1.35 bits per heavy atom. The predicted molar refractivity (Wildman–Crippen MR) is 67.8 cm³/mol. The molecule has 1 fully saturated rings. The van der Waals surface area contributed by atoms with Gasteiger partial charge in [-0.1, -0.05) is 15.9 Å². The minimum Gasteiger partial charge on any atom is -0.325 e. The van der Waals surface area contributed by atoms with Gasteiger partial charge in [-0.05, 0) is 49.4 Å². The van der Waals surface area contributed by atoms with Gasteiger partial charge in [-0.25, -0.2) is 4.39 Å². The normalized spacial score (nSPS) is 31.4. The molecule has 0 bridgehead atoms. The first kappa shape index (κ1) is 11.2. The van der Waals surface area contributed by atoms with Gasteiger partial charge < -0.3 is 5.32 Å². The molecule has 90 valence electrons. The van der Waals surface area contributed by atoms with Crippen molar-refractivity contribution < 1.29 is 9.18 Å². The number of rotatable bonds is 0. The number of carbonyl (C=O) groups excluding carboxylic acids is 1. The highest BCUT2D eigenvalue weighted by Gasteiger charge is 2.48. The van der Waals surface area contributed by atoms with E-state index in [1.807, 2.05) is 18.2 Å². The van der Waals surface area contributed by atoms with Crippen LogP contribution in [-0.4, -0.2) is 12.1 Å². The van der Waals surface area contributed by atoms with E-state index in [2.05, 4.69) is 21.2 Å². The van der Waals surface area contributed by atoms with Gasteiger partial charge in [-0.15, -0.1) is 0 Å². The average molecular weight is 298 g/mol. The molecule has 4 heteroatoms. The van der Waals surface area contributed by atoms with Crippen molar-refractivity contribution in [3.8, 4) is 0 Å². The van der Waals surface area contributed by atoms with E-state index in [0.29, 0.717) is 25.7 Å². The third-order valence-corrected chi connectivity index (χ3v) is 4.44. The molecule has 0 saturated heterocycles. The second kappa shape index (κ2) is 3.80. The van der Waals surface area contributed by atoms with E-state index in [-0.39, 0.29) is 5.91 Å². The lowest BCUT2D eigenvalue weighted by Crippen LogP contribution is -2.38. The molecule has 1 amide bonds. The molecule has 1 aliphatic carbocycles. The van der Waals surface area contributed by atoms with Crippen LogP contribution in [0.25, 0.3) is 0 Å². The maximum Gasteiger partial charge on any atom is 0.235 e. The molecule has 0 atom stereocenters. The Morgan fingerprint density at radius 3 is 2.76 bits per heavy atom. The highest BCUT2D eigenvalue weighted by atomic mass is 79.9. The highest BCUT2D eigenvalue weighted by Crippen LogP contribution is 2.48. The summed E-state index contributed by atoms with van der Waals surface area (Å²) in [5.41, 5.74) is 1.43. The molecular weight excluding hydrogens is 285 g/mol. The van der Waals surface area contributed by atoms with Crippen molar-refractivity contribution in [2.75, 3.05) is 5.32 Å². The second-order valence-corrected chi connectivity index (χ2v) is 5.82. The van der Waals surface area contributed by atoms with Crippen molar-refractivity contribution in [3.63, 3.8) is 0 Å². The van der Waals surface area contributed by atoms with Crippen LogP contribution in [0.3, 0.4) is 0 Å². The van der Waals surface area contributed by atoms with Crippen LogP contribution in [0.2, 0.25) is 0 Å². The summed E-state index contributed by atoms with van der Waals surface area (Å²) in [6, 6.07) is 5.82. The first-order chi connectivity index (χ1) is 8.12. The lowest BCUT2D eigenvalue weighted by Gasteiger charge is -2.33. The summed E-state index contributed by atoms with van der Waals surface area (Å²) < 4.78 is 14.2. The summed E-state index contributed by atoms with van der Waals surface area (Å²) in [5, 5.41) is 2.92. The molecule has 2 aliphatic rings. The maximum absolute atomic E-state index is 13.3. The van der Waals surface area contributed by atoms with Crippen molar-refractivity contribution in [2.45, 2.75) is 37.3 Å². The largest absolute Gasteiger partial charge is 0.325 e. The van der Waals surface area contributed by atoms with Crippen LogP contribution in [0.4, 0.5) is 10.1 Å². The van der Waals surface area contributed by atoms with Crippen LogP contribution in [0, 0.1) is 0 Å². The maximum atomic E-state index is 13.3. The number of benzene rings is 1. The smallest absolute Gasteiger partial charge is 0.235 e. The van der Waals surface area contributed by atoms with Gasteiger partial charge in [0.25, 0.3) is 0 Å². The van der Waals surface area contributed by atoms with Gasteiger partial charge in [0.2, 0.25) is 5.91 Å². The van der Waals surface area contributed by atoms with Gasteiger partial charge >= 0.3 is 0 Å². The van der Waals surface area contributed by atoms with E-state index >= 15 is 0 Å². The summed E-state index contributed by atoms with van der Waals surface area (Å²) >= 11 is 3.43. The Hall–Kier alpha value is -0.900. The van der Waals surface area contributed by atoms with Gasteiger partial charge in [0.15, 0.2) is 0 Å². The first-order valence-electron chi connectivity index (χ1n) is 5.87. The summed E-state index contributed by atoms with van der Waals surface area (Å²) in [5.74, 6) is 0.0394. The zero-order chi connectivity index (χ0) is 12.0. The molecule has 1 aromatic carbocycles. The Balaban J connectivity index is 2.06. The predicted octanol–water partition coefficient (Wildman–Crippen LogP) is 3.55. The Labute approximate surface area is 108 Å². The minimum absolute atomic E-state index is 0.0394. The van der Waals surface area contributed by atoms with Crippen LogP contribution >= 0.6 is 15.9 Å². The molecule has 0 radical (unpaired) electrons. The molecule has 1 spiro atoms. The highest BCUT2D eigenvalue weighted by molar-refractivity contribution is 9.10. The van der Waals surface area contributed by atoms with Gasteiger partial charge in [0.05, 0.1) is 5.41 Å². The summed E-state index contributed by atoms with van der Waals surface area (Å²) in [6.45, 7) is 0. The third-order valence-electron chi connectivity index (χ3n) is 3.95. The fraction of sp³-hybridized carbons (Fsp3) is 0.462. The fourth-order valence-electron chi connectivity index (χ4n) is 2.96. The number of hydrogen-bond acceptors (Lipinski definition) is 1. The van der Waals surface area contributed by atoms with E-state index in [4.69, 9.17) is 0 Å². The first-order valence-corrected chi connectivity index (χ1v) is 6.67. The van der Waals surface area contributed by atoms with Crippen molar-refractivity contribution in [2.24, 2.45) is 0 Å². The molecule has 2 nitrogen and oxygen atoms in total. The van der Waals surface area contributed by atoms with E-state index in [1.165, 1.54) is 0 Å². The van der Waals surface area contributed by atoms with Gasteiger partial charge in [-0.2, -0.15) is 0 Å². The molecule has 0 unspecified atom stereocenters. The molecule has 17 heavy (non-hydrogen) atoms. The number of fused-ring (bicyclic) bond motifs is 2. The van der Waals surface area contributed by atoms with Crippen molar-refractivity contribution in [3.05, 3.63) is 28.2 Å². The summed E-state index contributed by atoms with van der Waals surface area (Å²) in [6.07, 6.45) is 1.45.